The van der Waals surface area contributed by atoms with E-state index in [1.54, 1.807) is 11.2 Å². The SMILES string of the molecule is O=C(CCn1cnc2ccccc21)N(CCO)Cc1ccccc1. The van der Waals surface area contributed by atoms with Crippen molar-refractivity contribution in [3.05, 3.63) is 66.5 Å². The number of para-hydroxylation sites is 2. The second-order valence-electron chi connectivity index (χ2n) is 5.70. The molecule has 0 saturated carbocycles. The fourth-order valence-corrected chi connectivity index (χ4v) is 2.78. The summed E-state index contributed by atoms with van der Waals surface area (Å²) in [6, 6.07) is 17.7. The number of hydrogen-bond donors (Lipinski definition) is 1. The third kappa shape index (κ3) is 3.81. The van der Waals surface area contributed by atoms with Crippen molar-refractivity contribution in [3.63, 3.8) is 0 Å². The number of carbonyl (C=O) groups is 1. The van der Waals surface area contributed by atoms with Crippen molar-refractivity contribution in [2.75, 3.05) is 13.2 Å². The lowest BCUT2D eigenvalue weighted by molar-refractivity contribution is -0.132. The Morgan fingerprint density at radius 2 is 1.83 bits per heavy atom. The van der Waals surface area contributed by atoms with E-state index in [1.807, 2.05) is 59.2 Å². The van der Waals surface area contributed by atoms with Gasteiger partial charge in [-0.05, 0) is 17.7 Å². The summed E-state index contributed by atoms with van der Waals surface area (Å²) in [6.45, 7) is 1.41. The first-order valence-corrected chi connectivity index (χ1v) is 8.10. The quantitative estimate of drug-likeness (QED) is 0.726. The molecule has 0 bridgehead atoms. The van der Waals surface area contributed by atoms with Crippen LogP contribution >= 0.6 is 0 Å². The van der Waals surface area contributed by atoms with Crippen LogP contribution in [0.15, 0.2) is 60.9 Å². The van der Waals surface area contributed by atoms with Crippen LogP contribution < -0.4 is 0 Å². The molecule has 5 nitrogen and oxygen atoms in total. The van der Waals surface area contributed by atoms with Gasteiger partial charge < -0.3 is 14.6 Å². The van der Waals surface area contributed by atoms with Gasteiger partial charge in [-0.1, -0.05) is 42.5 Å². The van der Waals surface area contributed by atoms with E-state index in [0.29, 0.717) is 26.1 Å². The standard InChI is InChI=1S/C19H21N3O2/c23-13-12-21(14-16-6-2-1-3-7-16)19(24)10-11-22-15-20-17-8-4-5-9-18(17)22/h1-9,15,23H,10-14H2. The van der Waals surface area contributed by atoms with E-state index < -0.39 is 0 Å². The molecule has 0 spiro atoms. The summed E-state index contributed by atoms with van der Waals surface area (Å²) in [5.41, 5.74) is 3.02. The van der Waals surface area contributed by atoms with Gasteiger partial charge in [-0.3, -0.25) is 4.79 Å². The highest BCUT2D eigenvalue weighted by molar-refractivity contribution is 5.77. The molecule has 0 radical (unpaired) electrons. The molecule has 1 amide bonds. The molecule has 3 rings (SSSR count). The van der Waals surface area contributed by atoms with Crippen LogP contribution in [0.1, 0.15) is 12.0 Å². The van der Waals surface area contributed by atoms with Crippen molar-refractivity contribution in [1.29, 1.82) is 0 Å². The predicted molar refractivity (Wildman–Crippen MR) is 93.3 cm³/mol. The average Bonchev–Trinajstić information content (AvgIpc) is 3.03. The molecular formula is C19H21N3O2. The Balaban J connectivity index is 1.65. The van der Waals surface area contributed by atoms with Gasteiger partial charge in [0.1, 0.15) is 0 Å². The van der Waals surface area contributed by atoms with Gasteiger partial charge in [-0.2, -0.15) is 0 Å². The van der Waals surface area contributed by atoms with E-state index in [0.717, 1.165) is 16.6 Å². The Labute approximate surface area is 141 Å². The molecule has 0 aliphatic carbocycles. The molecule has 0 aliphatic rings. The first-order valence-electron chi connectivity index (χ1n) is 8.10. The fraction of sp³-hybridized carbons (Fsp3) is 0.263. The minimum Gasteiger partial charge on any atom is -0.395 e. The van der Waals surface area contributed by atoms with Crippen molar-refractivity contribution < 1.29 is 9.90 Å². The average molecular weight is 323 g/mol. The third-order valence-electron chi connectivity index (χ3n) is 4.03. The number of hydrogen-bond acceptors (Lipinski definition) is 3. The van der Waals surface area contributed by atoms with E-state index in [1.165, 1.54) is 0 Å². The third-order valence-corrected chi connectivity index (χ3v) is 4.03. The van der Waals surface area contributed by atoms with Gasteiger partial charge in [-0.15, -0.1) is 0 Å². The zero-order chi connectivity index (χ0) is 16.8. The topological polar surface area (TPSA) is 58.4 Å². The lowest BCUT2D eigenvalue weighted by Crippen LogP contribution is -2.33. The maximum absolute atomic E-state index is 12.5. The molecule has 1 N–H and O–H groups in total. The molecule has 2 aromatic carbocycles. The van der Waals surface area contributed by atoms with Gasteiger partial charge in [0.25, 0.3) is 0 Å². The van der Waals surface area contributed by atoms with Gasteiger partial charge in [-0.25, -0.2) is 4.98 Å². The first kappa shape index (κ1) is 16.2. The van der Waals surface area contributed by atoms with Crippen LogP contribution in [-0.2, 0) is 17.9 Å². The lowest BCUT2D eigenvalue weighted by atomic mass is 10.2. The summed E-state index contributed by atoms with van der Waals surface area (Å²) < 4.78 is 1.99. The minimum absolute atomic E-state index is 0.0330. The molecule has 0 unspecified atom stereocenters. The van der Waals surface area contributed by atoms with Gasteiger partial charge in [0.15, 0.2) is 0 Å². The number of aromatic nitrogens is 2. The molecule has 0 saturated heterocycles. The van der Waals surface area contributed by atoms with E-state index in [9.17, 15) is 9.90 Å². The number of aliphatic hydroxyl groups excluding tert-OH is 1. The predicted octanol–water partition coefficient (Wildman–Crippen LogP) is 2.45. The number of fused-ring (bicyclic) bond motifs is 1. The largest absolute Gasteiger partial charge is 0.395 e. The normalized spacial score (nSPS) is 10.9. The molecule has 1 aromatic heterocycles. The monoisotopic (exact) mass is 323 g/mol. The molecule has 5 heteroatoms. The zero-order valence-corrected chi connectivity index (χ0v) is 13.5. The summed E-state index contributed by atoms with van der Waals surface area (Å²) in [5.74, 6) is 0.0330. The van der Waals surface area contributed by atoms with Crippen LogP contribution in [0.2, 0.25) is 0 Å². The minimum atomic E-state index is -0.0351. The summed E-state index contributed by atoms with van der Waals surface area (Å²) in [5, 5.41) is 9.25. The summed E-state index contributed by atoms with van der Waals surface area (Å²) >= 11 is 0. The van der Waals surface area contributed by atoms with E-state index in [-0.39, 0.29) is 12.5 Å². The second-order valence-corrected chi connectivity index (χ2v) is 5.70. The van der Waals surface area contributed by atoms with Crippen molar-refractivity contribution in [1.82, 2.24) is 14.5 Å². The van der Waals surface area contributed by atoms with Crippen molar-refractivity contribution in [2.45, 2.75) is 19.5 Å². The Morgan fingerprint density at radius 1 is 1.08 bits per heavy atom. The highest BCUT2D eigenvalue weighted by Gasteiger charge is 2.14. The summed E-state index contributed by atoms with van der Waals surface area (Å²) in [4.78, 5) is 18.6. The maximum atomic E-state index is 12.5. The molecule has 3 aromatic rings. The van der Waals surface area contributed by atoms with E-state index in [4.69, 9.17) is 0 Å². The number of rotatable bonds is 7. The van der Waals surface area contributed by atoms with Gasteiger partial charge in [0, 0.05) is 26.1 Å². The van der Waals surface area contributed by atoms with E-state index >= 15 is 0 Å². The molecule has 1 heterocycles. The first-order chi connectivity index (χ1) is 11.8. The van der Waals surface area contributed by atoms with Gasteiger partial charge in [0.05, 0.1) is 24.0 Å². The van der Waals surface area contributed by atoms with Crippen LogP contribution in [0.5, 0.6) is 0 Å². The number of amides is 1. The number of nitrogens with zero attached hydrogens (tertiary/aromatic N) is 3. The molecule has 24 heavy (non-hydrogen) atoms. The number of aliphatic hydroxyl groups is 1. The van der Waals surface area contributed by atoms with E-state index in [2.05, 4.69) is 4.98 Å². The number of aryl methyl sites for hydroxylation is 1. The van der Waals surface area contributed by atoms with Crippen molar-refractivity contribution in [3.8, 4) is 0 Å². The Morgan fingerprint density at radius 3 is 2.62 bits per heavy atom. The molecule has 124 valence electrons. The van der Waals surface area contributed by atoms with Crippen molar-refractivity contribution in [2.24, 2.45) is 0 Å². The Hall–Kier alpha value is -2.66. The molecular weight excluding hydrogens is 302 g/mol. The van der Waals surface area contributed by atoms with Crippen LogP contribution in [-0.4, -0.2) is 38.6 Å². The highest BCUT2D eigenvalue weighted by Crippen LogP contribution is 2.13. The molecule has 0 aliphatic heterocycles. The van der Waals surface area contributed by atoms with Crippen LogP contribution in [0.4, 0.5) is 0 Å². The number of benzene rings is 2. The Kier molecular flexibility index (Phi) is 5.23. The number of imidazole rings is 1. The summed E-state index contributed by atoms with van der Waals surface area (Å²) in [6.07, 6.45) is 2.15. The van der Waals surface area contributed by atoms with Gasteiger partial charge in [0.2, 0.25) is 5.91 Å². The van der Waals surface area contributed by atoms with Crippen molar-refractivity contribution >= 4 is 16.9 Å². The summed E-state index contributed by atoms with van der Waals surface area (Å²) in [7, 11) is 0. The molecule has 0 fully saturated rings. The van der Waals surface area contributed by atoms with Crippen LogP contribution in [0, 0.1) is 0 Å². The highest BCUT2D eigenvalue weighted by atomic mass is 16.3. The lowest BCUT2D eigenvalue weighted by Gasteiger charge is -2.22. The Bertz CT molecular complexity index is 798. The van der Waals surface area contributed by atoms with Gasteiger partial charge >= 0.3 is 0 Å². The number of carbonyl (C=O) groups excluding carboxylic acids is 1. The second kappa shape index (κ2) is 7.75. The smallest absolute Gasteiger partial charge is 0.224 e. The molecule has 0 atom stereocenters. The fourth-order valence-electron chi connectivity index (χ4n) is 2.78. The zero-order valence-electron chi connectivity index (χ0n) is 13.5. The van der Waals surface area contributed by atoms with Crippen LogP contribution in [0.25, 0.3) is 11.0 Å². The van der Waals surface area contributed by atoms with Crippen LogP contribution in [0.3, 0.4) is 0 Å². The maximum Gasteiger partial charge on any atom is 0.224 e.